The van der Waals surface area contributed by atoms with Gasteiger partial charge in [-0.3, -0.25) is 9.69 Å². The van der Waals surface area contributed by atoms with Crippen molar-refractivity contribution in [3.8, 4) is 0 Å². The molecular formula is C17H30N4O3. The first-order valence-electron chi connectivity index (χ1n) is 9.25. The van der Waals surface area contributed by atoms with E-state index in [-0.39, 0.29) is 17.9 Å². The van der Waals surface area contributed by atoms with Crippen molar-refractivity contribution in [1.29, 1.82) is 0 Å². The van der Waals surface area contributed by atoms with Gasteiger partial charge in [-0.2, -0.15) is 0 Å². The number of carbonyl (C=O) groups is 2. The van der Waals surface area contributed by atoms with Crippen LogP contribution < -0.4 is 5.73 Å². The first-order valence-corrected chi connectivity index (χ1v) is 9.25. The predicted octanol–water partition coefficient (Wildman–Crippen LogP) is 0.346. The average molecular weight is 338 g/mol. The summed E-state index contributed by atoms with van der Waals surface area (Å²) in [7, 11) is 0. The van der Waals surface area contributed by atoms with Crippen LogP contribution in [0, 0.1) is 11.8 Å². The Morgan fingerprint density at radius 2 is 1.71 bits per heavy atom. The van der Waals surface area contributed by atoms with Crippen molar-refractivity contribution in [2.75, 3.05) is 52.5 Å². The predicted molar refractivity (Wildman–Crippen MR) is 90.4 cm³/mol. The molecule has 3 heterocycles. The van der Waals surface area contributed by atoms with Crippen LogP contribution in [-0.2, 0) is 9.53 Å². The highest BCUT2D eigenvalue weighted by atomic mass is 16.5. The Kier molecular flexibility index (Phi) is 5.61. The summed E-state index contributed by atoms with van der Waals surface area (Å²) in [6.45, 7) is 8.67. The van der Waals surface area contributed by atoms with E-state index in [0.29, 0.717) is 25.0 Å². The Morgan fingerprint density at radius 3 is 2.29 bits per heavy atom. The summed E-state index contributed by atoms with van der Waals surface area (Å²) in [6.07, 6.45) is 2.57. The molecule has 3 aliphatic heterocycles. The van der Waals surface area contributed by atoms with Gasteiger partial charge in [-0.25, -0.2) is 4.79 Å². The van der Waals surface area contributed by atoms with Crippen LogP contribution in [0.25, 0.3) is 0 Å². The quantitative estimate of drug-likeness (QED) is 0.805. The van der Waals surface area contributed by atoms with Crippen molar-refractivity contribution in [2.24, 2.45) is 17.6 Å². The number of primary amides is 1. The zero-order chi connectivity index (χ0) is 17.1. The number of morpholine rings is 1. The van der Waals surface area contributed by atoms with E-state index >= 15 is 0 Å². The van der Waals surface area contributed by atoms with E-state index in [2.05, 4.69) is 16.7 Å². The van der Waals surface area contributed by atoms with Gasteiger partial charge in [0.05, 0.1) is 13.2 Å². The number of nitrogens with zero attached hydrogens (tertiary/aromatic N) is 3. The number of rotatable bonds is 3. The summed E-state index contributed by atoms with van der Waals surface area (Å²) >= 11 is 0. The maximum atomic E-state index is 12.9. The summed E-state index contributed by atoms with van der Waals surface area (Å²) in [5.41, 5.74) is 5.32. The van der Waals surface area contributed by atoms with Crippen LogP contribution in [0.2, 0.25) is 0 Å². The number of hydrogen-bond acceptors (Lipinski definition) is 4. The third-order valence-corrected chi connectivity index (χ3v) is 5.91. The molecule has 0 aromatic rings. The largest absolute Gasteiger partial charge is 0.379 e. The molecule has 7 heteroatoms. The Bertz CT molecular complexity index is 459. The summed E-state index contributed by atoms with van der Waals surface area (Å²) in [5.74, 6) is 0.868. The molecule has 0 aromatic carbocycles. The molecule has 0 unspecified atom stereocenters. The number of piperidine rings is 1. The van der Waals surface area contributed by atoms with Crippen molar-refractivity contribution >= 4 is 11.9 Å². The van der Waals surface area contributed by atoms with E-state index in [1.807, 2.05) is 0 Å². The Morgan fingerprint density at radius 1 is 1.04 bits per heavy atom. The highest BCUT2D eigenvalue weighted by Crippen LogP contribution is 2.29. The molecule has 3 amide bonds. The van der Waals surface area contributed by atoms with Crippen LogP contribution in [0.4, 0.5) is 4.79 Å². The van der Waals surface area contributed by atoms with E-state index in [4.69, 9.17) is 10.5 Å². The molecule has 0 aromatic heterocycles. The normalized spacial score (nSPS) is 29.9. The highest BCUT2D eigenvalue weighted by Gasteiger charge is 2.40. The SMILES string of the molecule is CC[C@H]1CN(C(=O)C2CCN(C(N)=O)CC2)C[C@H]1N1CCOCC1. The van der Waals surface area contributed by atoms with Gasteiger partial charge in [-0.15, -0.1) is 0 Å². The standard InChI is InChI=1S/C17H30N4O3/c1-2-13-11-21(12-15(13)19-7-9-24-10-8-19)16(22)14-3-5-20(6-4-14)17(18)23/h13-15H,2-12H2,1H3,(H2,18,23)/t13-,15+/m0/s1. The summed E-state index contributed by atoms with van der Waals surface area (Å²) < 4.78 is 5.46. The summed E-state index contributed by atoms with van der Waals surface area (Å²) in [6, 6.07) is 0.0917. The van der Waals surface area contributed by atoms with Gasteiger partial charge in [0.15, 0.2) is 0 Å². The van der Waals surface area contributed by atoms with Crippen LogP contribution in [0.5, 0.6) is 0 Å². The van der Waals surface area contributed by atoms with Gasteiger partial charge in [0.25, 0.3) is 0 Å². The molecule has 2 atom stereocenters. The van der Waals surface area contributed by atoms with Crippen molar-refractivity contribution in [3.63, 3.8) is 0 Å². The molecule has 3 fully saturated rings. The lowest BCUT2D eigenvalue weighted by Gasteiger charge is -2.35. The number of hydrogen-bond donors (Lipinski definition) is 1. The van der Waals surface area contributed by atoms with Gasteiger partial charge < -0.3 is 20.3 Å². The van der Waals surface area contributed by atoms with Gasteiger partial charge in [0.1, 0.15) is 0 Å². The van der Waals surface area contributed by atoms with E-state index in [1.165, 1.54) is 0 Å². The average Bonchev–Trinajstić information content (AvgIpc) is 3.06. The molecule has 0 bridgehead atoms. The van der Waals surface area contributed by atoms with E-state index in [0.717, 1.165) is 58.7 Å². The van der Waals surface area contributed by atoms with E-state index in [1.54, 1.807) is 4.90 Å². The van der Waals surface area contributed by atoms with Gasteiger partial charge in [-0.1, -0.05) is 13.3 Å². The minimum absolute atomic E-state index is 0.0431. The lowest BCUT2D eigenvalue weighted by atomic mass is 9.95. The van der Waals surface area contributed by atoms with Crippen LogP contribution in [0.3, 0.4) is 0 Å². The summed E-state index contributed by atoms with van der Waals surface area (Å²) in [5, 5.41) is 0. The number of likely N-dealkylation sites (tertiary alicyclic amines) is 2. The number of nitrogens with two attached hydrogens (primary N) is 1. The number of carbonyl (C=O) groups excluding carboxylic acids is 2. The molecule has 0 saturated carbocycles. The molecular weight excluding hydrogens is 308 g/mol. The fraction of sp³-hybridized carbons (Fsp3) is 0.882. The first-order chi connectivity index (χ1) is 11.6. The van der Waals surface area contributed by atoms with Crippen LogP contribution >= 0.6 is 0 Å². The van der Waals surface area contributed by atoms with Gasteiger partial charge >= 0.3 is 6.03 Å². The zero-order valence-electron chi connectivity index (χ0n) is 14.7. The second-order valence-electron chi connectivity index (χ2n) is 7.23. The fourth-order valence-corrected chi connectivity index (χ4v) is 4.36. The number of urea groups is 1. The minimum Gasteiger partial charge on any atom is -0.379 e. The second kappa shape index (κ2) is 7.70. The fourth-order valence-electron chi connectivity index (χ4n) is 4.36. The monoisotopic (exact) mass is 338 g/mol. The van der Waals surface area contributed by atoms with Crippen LogP contribution in [0.1, 0.15) is 26.2 Å². The molecule has 0 spiro atoms. The topological polar surface area (TPSA) is 79.1 Å². The lowest BCUT2D eigenvalue weighted by molar-refractivity contribution is -0.136. The molecule has 24 heavy (non-hydrogen) atoms. The smallest absolute Gasteiger partial charge is 0.314 e. The van der Waals surface area contributed by atoms with Crippen molar-refractivity contribution in [3.05, 3.63) is 0 Å². The Balaban J connectivity index is 1.57. The van der Waals surface area contributed by atoms with Crippen molar-refractivity contribution in [1.82, 2.24) is 14.7 Å². The third kappa shape index (κ3) is 3.67. The molecule has 2 N–H and O–H groups in total. The van der Waals surface area contributed by atoms with E-state index in [9.17, 15) is 9.59 Å². The van der Waals surface area contributed by atoms with Gasteiger partial charge in [-0.05, 0) is 18.8 Å². The van der Waals surface area contributed by atoms with Crippen LogP contribution in [0.15, 0.2) is 0 Å². The highest BCUT2D eigenvalue weighted by molar-refractivity contribution is 5.80. The Hall–Kier alpha value is -1.34. The van der Waals surface area contributed by atoms with Crippen LogP contribution in [-0.4, -0.2) is 85.2 Å². The molecule has 136 valence electrons. The first kappa shape index (κ1) is 17.5. The van der Waals surface area contributed by atoms with Crippen molar-refractivity contribution < 1.29 is 14.3 Å². The minimum atomic E-state index is -0.375. The third-order valence-electron chi connectivity index (χ3n) is 5.91. The van der Waals surface area contributed by atoms with E-state index < -0.39 is 0 Å². The zero-order valence-corrected chi connectivity index (χ0v) is 14.7. The molecule has 3 aliphatic rings. The number of amides is 3. The molecule has 0 radical (unpaired) electrons. The van der Waals surface area contributed by atoms with Gasteiger partial charge in [0, 0.05) is 51.2 Å². The molecule has 0 aliphatic carbocycles. The molecule has 3 saturated heterocycles. The summed E-state index contributed by atoms with van der Waals surface area (Å²) in [4.78, 5) is 30.3. The second-order valence-corrected chi connectivity index (χ2v) is 7.23. The lowest BCUT2D eigenvalue weighted by Crippen LogP contribution is -2.48. The molecule has 7 nitrogen and oxygen atoms in total. The maximum Gasteiger partial charge on any atom is 0.314 e. The number of ether oxygens (including phenoxy) is 1. The van der Waals surface area contributed by atoms with Gasteiger partial charge in [0.2, 0.25) is 5.91 Å². The van der Waals surface area contributed by atoms with Crippen molar-refractivity contribution in [2.45, 2.75) is 32.2 Å². The molecule has 3 rings (SSSR count). The Labute approximate surface area is 144 Å². The maximum absolute atomic E-state index is 12.9.